The van der Waals surface area contributed by atoms with Crippen LogP contribution in [0.4, 0.5) is 0 Å². The number of nitrogens with zero attached hydrogens (tertiary/aromatic N) is 2. The van der Waals surface area contributed by atoms with Crippen LogP contribution in [0.2, 0.25) is 0 Å². The molecule has 0 bridgehead atoms. The van der Waals surface area contributed by atoms with Gasteiger partial charge in [0.25, 0.3) is 10.2 Å². The molecule has 108 valence electrons. The van der Waals surface area contributed by atoms with E-state index < -0.39 is 10.2 Å². The topological polar surface area (TPSA) is 66.6 Å². The summed E-state index contributed by atoms with van der Waals surface area (Å²) in [6.45, 7) is 8.22. The maximum absolute atomic E-state index is 12.6. The van der Waals surface area contributed by atoms with Crippen LogP contribution in [0.1, 0.15) is 40.0 Å². The van der Waals surface area contributed by atoms with Gasteiger partial charge < -0.3 is 5.73 Å². The number of hydrogen-bond acceptors (Lipinski definition) is 3. The lowest BCUT2D eigenvalue weighted by Crippen LogP contribution is -2.51. The van der Waals surface area contributed by atoms with Crippen molar-refractivity contribution in [3.63, 3.8) is 0 Å². The molecule has 1 unspecified atom stereocenters. The third-order valence-electron chi connectivity index (χ3n) is 3.46. The van der Waals surface area contributed by atoms with Crippen LogP contribution >= 0.6 is 0 Å². The third-order valence-corrected chi connectivity index (χ3v) is 5.64. The van der Waals surface area contributed by atoms with Gasteiger partial charge in [0.1, 0.15) is 0 Å². The van der Waals surface area contributed by atoms with Gasteiger partial charge in [-0.25, -0.2) is 0 Å². The maximum atomic E-state index is 12.6. The summed E-state index contributed by atoms with van der Waals surface area (Å²) in [5.41, 5.74) is 5.67. The fourth-order valence-corrected chi connectivity index (χ4v) is 4.44. The second-order valence-electron chi connectivity index (χ2n) is 5.31. The summed E-state index contributed by atoms with van der Waals surface area (Å²) in [5, 5.41) is 0. The van der Waals surface area contributed by atoms with Gasteiger partial charge >= 0.3 is 0 Å². The minimum absolute atomic E-state index is 0.00760. The fraction of sp³-hybridized carbons (Fsp3) is 1.00. The SMILES string of the molecule is CCCN(C(C)C)S(=O)(=O)N1CCCC(CN)C1. The zero-order valence-corrected chi connectivity index (χ0v) is 12.6. The van der Waals surface area contributed by atoms with Crippen molar-refractivity contribution >= 4 is 10.2 Å². The molecule has 0 aromatic carbocycles. The van der Waals surface area contributed by atoms with Crippen LogP contribution in [-0.4, -0.2) is 49.2 Å². The number of rotatable bonds is 6. The second-order valence-corrected chi connectivity index (χ2v) is 7.20. The van der Waals surface area contributed by atoms with E-state index in [0.717, 1.165) is 19.3 Å². The molecule has 0 radical (unpaired) electrons. The van der Waals surface area contributed by atoms with Gasteiger partial charge in [-0.05, 0) is 45.6 Å². The van der Waals surface area contributed by atoms with Gasteiger partial charge in [0.15, 0.2) is 0 Å². The van der Waals surface area contributed by atoms with Crippen LogP contribution in [0, 0.1) is 5.92 Å². The molecule has 18 heavy (non-hydrogen) atoms. The average Bonchev–Trinajstić information content (AvgIpc) is 2.35. The first-order valence-corrected chi connectivity index (χ1v) is 8.30. The highest BCUT2D eigenvalue weighted by atomic mass is 32.2. The van der Waals surface area contributed by atoms with Crippen LogP contribution in [0.25, 0.3) is 0 Å². The van der Waals surface area contributed by atoms with Crippen molar-refractivity contribution < 1.29 is 8.42 Å². The number of piperidine rings is 1. The Labute approximate surface area is 112 Å². The first-order chi connectivity index (χ1) is 8.43. The van der Waals surface area contributed by atoms with Crippen molar-refractivity contribution in [3.8, 4) is 0 Å². The van der Waals surface area contributed by atoms with Gasteiger partial charge in [-0.15, -0.1) is 0 Å². The van der Waals surface area contributed by atoms with Crippen LogP contribution < -0.4 is 5.73 Å². The van der Waals surface area contributed by atoms with Gasteiger partial charge in [0.05, 0.1) is 0 Å². The predicted molar refractivity (Wildman–Crippen MR) is 74.4 cm³/mol. The summed E-state index contributed by atoms with van der Waals surface area (Å²) < 4.78 is 28.4. The lowest BCUT2D eigenvalue weighted by molar-refractivity contribution is 0.240. The molecule has 1 heterocycles. The van der Waals surface area contributed by atoms with E-state index in [1.807, 2.05) is 20.8 Å². The molecule has 2 N–H and O–H groups in total. The zero-order valence-electron chi connectivity index (χ0n) is 11.8. The summed E-state index contributed by atoms with van der Waals surface area (Å²) in [7, 11) is -3.32. The van der Waals surface area contributed by atoms with E-state index in [9.17, 15) is 8.42 Å². The molecule has 0 amide bonds. The van der Waals surface area contributed by atoms with E-state index >= 15 is 0 Å². The summed E-state index contributed by atoms with van der Waals surface area (Å²) in [6.07, 6.45) is 2.79. The van der Waals surface area contributed by atoms with Crippen LogP contribution in [0.5, 0.6) is 0 Å². The minimum atomic E-state index is -3.32. The molecule has 0 aromatic heterocycles. The number of nitrogens with two attached hydrogens (primary N) is 1. The first-order valence-electron chi connectivity index (χ1n) is 6.90. The standard InChI is InChI=1S/C12H27N3O2S/c1-4-7-15(11(2)3)18(16,17)14-8-5-6-12(9-13)10-14/h11-12H,4-10,13H2,1-3H3. The second kappa shape index (κ2) is 6.84. The molecular weight excluding hydrogens is 250 g/mol. The average molecular weight is 277 g/mol. The van der Waals surface area contributed by atoms with Crippen molar-refractivity contribution in [2.24, 2.45) is 11.7 Å². The van der Waals surface area contributed by atoms with Gasteiger partial charge in [0, 0.05) is 25.7 Å². The Kier molecular flexibility index (Phi) is 6.04. The Bertz CT molecular complexity index is 343. The van der Waals surface area contributed by atoms with Crippen molar-refractivity contribution in [3.05, 3.63) is 0 Å². The molecule has 0 aromatic rings. The normalized spacial score (nSPS) is 22.9. The van der Waals surface area contributed by atoms with Crippen molar-refractivity contribution in [2.75, 3.05) is 26.2 Å². The summed E-state index contributed by atoms with van der Waals surface area (Å²) in [6, 6.07) is 0.00760. The van der Waals surface area contributed by atoms with Gasteiger partial charge in [-0.1, -0.05) is 6.92 Å². The maximum Gasteiger partial charge on any atom is 0.282 e. The Morgan fingerprint density at radius 2 is 2.11 bits per heavy atom. The van der Waals surface area contributed by atoms with E-state index in [2.05, 4.69) is 0 Å². The Balaban J connectivity index is 2.83. The van der Waals surface area contributed by atoms with E-state index in [-0.39, 0.29) is 6.04 Å². The largest absolute Gasteiger partial charge is 0.330 e. The first kappa shape index (κ1) is 15.9. The fourth-order valence-electron chi connectivity index (χ4n) is 2.44. The van der Waals surface area contributed by atoms with Crippen LogP contribution in [-0.2, 0) is 10.2 Å². The monoisotopic (exact) mass is 277 g/mol. The smallest absolute Gasteiger partial charge is 0.282 e. The van der Waals surface area contributed by atoms with E-state index in [4.69, 9.17) is 5.73 Å². The molecule has 5 nitrogen and oxygen atoms in total. The third kappa shape index (κ3) is 3.66. The highest BCUT2D eigenvalue weighted by molar-refractivity contribution is 7.86. The predicted octanol–water partition coefficient (Wildman–Crippen LogP) is 1.02. The van der Waals surface area contributed by atoms with Crippen molar-refractivity contribution in [1.29, 1.82) is 0 Å². The Morgan fingerprint density at radius 1 is 1.44 bits per heavy atom. The van der Waals surface area contributed by atoms with Gasteiger partial charge in [-0.3, -0.25) is 0 Å². The van der Waals surface area contributed by atoms with Gasteiger partial charge in [0.2, 0.25) is 0 Å². The summed E-state index contributed by atoms with van der Waals surface area (Å²) in [5.74, 6) is 0.309. The zero-order chi connectivity index (χ0) is 13.8. The number of hydrogen-bond donors (Lipinski definition) is 1. The Morgan fingerprint density at radius 3 is 2.61 bits per heavy atom. The highest BCUT2D eigenvalue weighted by Gasteiger charge is 2.34. The van der Waals surface area contributed by atoms with Gasteiger partial charge in [-0.2, -0.15) is 17.0 Å². The molecule has 0 spiro atoms. The summed E-state index contributed by atoms with van der Waals surface area (Å²) in [4.78, 5) is 0. The molecule has 1 atom stereocenters. The van der Waals surface area contributed by atoms with E-state index in [1.54, 1.807) is 8.61 Å². The molecule has 0 saturated carbocycles. The quantitative estimate of drug-likeness (QED) is 0.788. The minimum Gasteiger partial charge on any atom is -0.330 e. The molecular formula is C12H27N3O2S. The van der Waals surface area contributed by atoms with Crippen LogP contribution in [0.3, 0.4) is 0 Å². The molecule has 1 aliphatic rings. The molecule has 1 rings (SSSR count). The molecule has 1 fully saturated rings. The van der Waals surface area contributed by atoms with Crippen molar-refractivity contribution in [1.82, 2.24) is 8.61 Å². The molecule has 1 aliphatic heterocycles. The van der Waals surface area contributed by atoms with Crippen molar-refractivity contribution in [2.45, 2.75) is 46.1 Å². The van der Waals surface area contributed by atoms with E-state index in [1.165, 1.54) is 0 Å². The van der Waals surface area contributed by atoms with E-state index in [0.29, 0.717) is 32.1 Å². The molecule has 1 saturated heterocycles. The summed E-state index contributed by atoms with van der Waals surface area (Å²) >= 11 is 0. The molecule has 6 heteroatoms. The molecule has 0 aliphatic carbocycles. The van der Waals surface area contributed by atoms with Crippen LogP contribution in [0.15, 0.2) is 0 Å². The Hall–Kier alpha value is -0.170. The lowest BCUT2D eigenvalue weighted by atomic mass is 10.0. The lowest BCUT2D eigenvalue weighted by Gasteiger charge is -2.36. The highest BCUT2D eigenvalue weighted by Crippen LogP contribution is 2.21.